The second-order valence-electron chi connectivity index (χ2n) is 4.93. The topological polar surface area (TPSA) is 76.3 Å². The lowest BCUT2D eigenvalue weighted by molar-refractivity contribution is -0.141. The number of nitrogen functional groups attached to an aromatic ring is 1. The summed E-state index contributed by atoms with van der Waals surface area (Å²) in [6.07, 6.45) is 1.84. The molecule has 1 aromatic rings. The van der Waals surface area contributed by atoms with E-state index in [1.165, 1.54) is 4.90 Å². The van der Waals surface area contributed by atoms with Gasteiger partial charge >= 0.3 is 0 Å². The Morgan fingerprint density at radius 2 is 2.18 bits per heavy atom. The largest absolute Gasteiger partial charge is 0.384 e. The zero-order chi connectivity index (χ0) is 12.6. The number of imide groups is 1. The number of amides is 2. The van der Waals surface area contributed by atoms with E-state index in [2.05, 4.69) is 4.98 Å². The van der Waals surface area contributed by atoms with E-state index in [-0.39, 0.29) is 24.8 Å². The Kier molecular flexibility index (Phi) is 2.61. The first-order valence-corrected chi connectivity index (χ1v) is 5.45. The number of pyridine rings is 1. The van der Waals surface area contributed by atoms with Crippen LogP contribution in [-0.4, -0.2) is 21.7 Å². The fourth-order valence-corrected chi connectivity index (χ4v) is 1.96. The minimum Gasteiger partial charge on any atom is -0.384 e. The highest BCUT2D eigenvalue weighted by Gasteiger charge is 2.44. The standard InChI is InChI=1S/C12H15N3O2/c1-12(2)6-10(16)15(11(12)17)7-8-3-4-14-9(13)5-8/h3-5H,6-7H2,1-2H3,(H2,13,14). The van der Waals surface area contributed by atoms with Crippen LogP contribution in [0.1, 0.15) is 25.8 Å². The molecule has 0 bridgehead atoms. The molecule has 1 saturated heterocycles. The fraction of sp³-hybridized carbons (Fsp3) is 0.417. The number of rotatable bonds is 2. The van der Waals surface area contributed by atoms with Crippen molar-refractivity contribution < 1.29 is 9.59 Å². The summed E-state index contributed by atoms with van der Waals surface area (Å²) in [6, 6.07) is 3.42. The molecule has 0 radical (unpaired) electrons. The third kappa shape index (κ3) is 2.13. The number of likely N-dealkylation sites (tertiary alicyclic amines) is 1. The summed E-state index contributed by atoms with van der Waals surface area (Å²) in [4.78, 5) is 28.9. The van der Waals surface area contributed by atoms with Crippen LogP contribution in [0.2, 0.25) is 0 Å². The van der Waals surface area contributed by atoms with Crippen molar-refractivity contribution in [2.75, 3.05) is 5.73 Å². The molecule has 17 heavy (non-hydrogen) atoms. The molecule has 1 aliphatic heterocycles. The van der Waals surface area contributed by atoms with Crippen molar-refractivity contribution in [2.45, 2.75) is 26.8 Å². The Morgan fingerprint density at radius 1 is 1.47 bits per heavy atom. The number of nitrogens with zero attached hydrogens (tertiary/aromatic N) is 2. The molecule has 1 aliphatic rings. The van der Waals surface area contributed by atoms with Crippen molar-refractivity contribution in [2.24, 2.45) is 5.41 Å². The highest BCUT2D eigenvalue weighted by atomic mass is 16.2. The Balaban J connectivity index is 2.20. The first-order chi connectivity index (χ1) is 7.90. The molecule has 1 fully saturated rings. The summed E-state index contributed by atoms with van der Waals surface area (Å²) >= 11 is 0. The Morgan fingerprint density at radius 3 is 2.71 bits per heavy atom. The smallest absolute Gasteiger partial charge is 0.235 e. The van der Waals surface area contributed by atoms with E-state index in [0.29, 0.717) is 5.82 Å². The molecule has 0 spiro atoms. The monoisotopic (exact) mass is 233 g/mol. The summed E-state index contributed by atoms with van der Waals surface area (Å²) < 4.78 is 0. The van der Waals surface area contributed by atoms with Crippen molar-refractivity contribution in [1.29, 1.82) is 0 Å². The quantitative estimate of drug-likeness (QED) is 0.771. The second kappa shape index (κ2) is 3.84. The van der Waals surface area contributed by atoms with Crippen LogP contribution in [0.25, 0.3) is 0 Å². The van der Waals surface area contributed by atoms with Crippen LogP contribution in [0.5, 0.6) is 0 Å². The predicted octanol–water partition coefficient (Wildman–Crippen LogP) is 0.949. The molecule has 2 rings (SSSR count). The maximum atomic E-state index is 12.0. The number of nitrogens with two attached hydrogens (primary N) is 1. The zero-order valence-electron chi connectivity index (χ0n) is 9.93. The number of aromatic nitrogens is 1. The van der Waals surface area contributed by atoms with E-state index in [9.17, 15) is 9.59 Å². The van der Waals surface area contributed by atoms with Gasteiger partial charge in [0.05, 0.1) is 12.0 Å². The lowest BCUT2D eigenvalue weighted by Crippen LogP contribution is -2.32. The SMILES string of the molecule is CC1(C)CC(=O)N(Cc2ccnc(N)c2)C1=O. The average Bonchev–Trinajstić information content (AvgIpc) is 2.41. The highest BCUT2D eigenvalue weighted by Crippen LogP contribution is 2.32. The molecule has 2 amide bonds. The highest BCUT2D eigenvalue weighted by molar-refractivity contribution is 6.05. The molecule has 5 nitrogen and oxygen atoms in total. The molecule has 90 valence electrons. The average molecular weight is 233 g/mol. The van der Waals surface area contributed by atoms with Crippen molar-refractivity contribution in [3.05, 3.63) is 23.9 Å². The Hall–Kier alpha value is -1.91. The van der Waals surface area contributed by atoms with E-state index in [1.807, 2.05) is 0 Å². The van der Waals surface area contributed by atoms with Crippen LogP contribution in [-0.2, 0) is 16.1 Å². The molecule has 2 heterocycles. The van der Waals surface area contributed by atoms with Gasteiger partial charge in [-0.25, -0.2) is 4.98 Å². The molecule has 2 N–H and O–H groups in total. The van der Waals surface area contributed by atoms with Gasteiger partial charge in [-0.2, -0.15) is 0 Å². The van der Waals surface area contributed by atoms with Crippen LogP contribution >= 0.6 is 0 Å². The number of anilines is 1. The fourth-order valence-electron chi connectivity index (χ4n) is 1.96. The minimum absolute atomic E-state index is 0.127. The van der Waals surface area contributed by atoms with Gasteiger partial charge in [-0.05, 0) is 17.7 Å². The van der Waals surface area contributed by atoms with Gasteiger partial charge < -0.3 is 5.73 Å². The maximum absolute atomic E-state index is 12.0. The Bertz CT molecular complexity index is 482. The van der Waals surface area contributed by atoms with E-state index in [1.54, 1.807) is 32.2 Å². The molecule has 0 aliphatic carbocycles. The van der Waals surface area contributed by atoms with Gasteiger partial charge in [0.2, 0.25) is 11.8 Å². The normalized spacial score (nSPS) is 18.8. The van der Waals surface area contributed by atoms with E-state index in [0.717, 1.165) is 5.56 Å². The number of hydrogen-bond acceptors (Lipinski definition) is 4. The Labute approximate surface area is 99.6 Å². The molecular weight excluding hydrogens is 218 g/mol. The van der Waals surface area contributed by atoms with Gasteiger partial charge in [-0.15, -0.1) is 0 Å². The second-order valence-corrected chi connectivity index (χ2v) is 4.93. The van der Waals surface area contributed by atoms with Crippen molar-refractivity contribution in [3.63, 3.8) is 0 Å². The zero-order valence-corrected chi connectivity index (χ0v) is 9.93. The van der Waals surface area contributed by atoms with Gasteiger partial charge in [0.15, 0.2) is 0 Å². The van der Waals surface area contributed by atoms with Gasteiger partial charge in [0.25, 0.3) is 0 Å². The number of carbonyl (C=O) groups excluding carboxylic acids is 2. The van der Waals surface area contributed by atoms with Crippen LogP contribution in [0, 0.1) is 5.41 Å². The van der Waals surface area contributed by atoms with Crippen molar-refractivity contribution in [3.8, 4) is 0 Å². The molecule has 1 aromatic heterocycles. The van der Waals surface area contributed by atoms with E-state index < -0.39 is 5.41 Å². The molecule has 0 saturated carbocycles. The van der Waals surface area contributed by atoms with Crippen LogP contribution < -0.4 is 5.73 Å². The number of hydrogen-bond donors (Lipinski definition) is 1. The van der Waals surface area contributed by atoms with E-state index in [4.69, 9.17) is 5.73 Å². The summed E-state index contributed by atoms with van der Waals surface area (Å²) in [5, 5.41) is 0. The minimum atomic E-state index is -0.588. The molecular formula is C12H15N3O2. The maximum Gasteiger partial charge on any atom is 0.235 e. The molecule has 5 heteroatoms. The summed E-state index contributed by atoms with van der Waals surface area (Å²) in [5.41, 5.74) is 5.78. The van der Waals surface area contributed by atoms with Gasteiger partial charge in [-0.3, -0.25) is 14.5 Å². The predicted molar refractivity (Wildman–Crippen MR) is 62.6 cm³/mol. The lowest BCUT2D eigenvalue weighted by Gasteiger charge is -2.17. The van der Waals surface area contributed by atoms with Crippen molar-refractivity contribution >= 4 is 17.6 Å². The molecule has 0 aromatic carbocycles. The first-order valence-electron chi connectivity index (χ1n) is 5.45. The summed E-state index contributed by atoms with van der Waals surface area (Å²) in [7, 11) is 0. The molecule has 0 atom stereocenters. The summed E-state index contributed by atoms with van der Waals surface area (Å²) in [6.45, 7) is 3.84. The third-order valence-electron chi connectivity index (χ3n) is 2.90. The van der Waals surface area contributed by atoms with Crippen molar-refractivity contribution in [1.82, 2.24) is 9.88 Å². The summed E-state index contributed by atoms with van der Waals surface area (Å²) in [5.74, 6) is 0.133. The van der Waals surface area contributed by atoms with Gasteiger partial charge in [0, 0.05) is 12.6 Å². The third-order valence-corrected chi connectivity index (χ3v) is 2.90. The van der Waals surface area contributed by atoms with Gasteiger partial charge in [-0.1, -0.05) is 13.8 Å². The number of carbonyl (C=O) groups is 2. The van der Waals surface area contributed by atoms with Crippen LogP contribution in [0.15, 0.2) is 18.3 Å². The molecule has 0 unspecified atom stereocenters. The lowest BCUT2D eigenvalue weighted by atomic mass is 9.92. The van der Waals surface area contributed by atoms with E-state index >= 15 is 0 Å². The van der Waals surface area contributed by atoms with Crippen LogP contribution in [0.4, 0.5) is 5.82 Å². The van der Waals surface area contributed by atoms with Gasteiger partial charge in [0.1, 0.15) is 5.82 Å². The first kappa shape index (κ1) is 11.6. The van der Waals surface area contributed by atoms with Crippen LogP contribution in [0.3, 0.4) is 0 Å².